The van der Waals surface area contributed by atoms with Gasteiger partial charge in [-0.25, -0.2) is 0 Å². The van der Waals surface area contributed by atoms with Crippen molar-refractivity contribution in [2.45, 2.75) is 32.1 Å². The van der Waals surface area contributed by atoms with Gasteiger partial charge in [-0.05, 0) is 25.8 Å². The van der Waals surface area contributed by atoms with Crippen LogP contribution < -0.4 is 0 Å². The molecule has 16 heavy (non-hydrogen) atoms. The SMILES string of the molecule is CC(=O)Cc1cc(Cl)c(C2CCOCC2)o1. The molecule has 0 aromatic carbocycles. The molecule has 2 heterocycles. The van der Waals surface area contributed by atoms with E-state index in [0.29, 0.717) is 23.1 Å². The number of rotatable bonds is 3. The zero-order valence-electron chi connectivity index (χ0n) is 9.29. The Morgan fingerprint density at radius 1 is 1.50 bits per heavy atom. The summed E-state index contributed by atoms with van der Waals surface area (Å²) in [7, 11) is 0. The van der Waals surface area contributed by atoms with Crippen LogP contribution in [0.2, 0.25) is 5.02 Å². The predicted octanol–water partition coefficient (Wildman–Crippen LogP) is 2.96. The highest BCUT2D eigenvalue weighted by Crippen LogP contribution is 2.34. The molecular weight excluding hydrogens is 228 g/mol. The lowest BCUT2D eigenvalue weighted by atomic mass is 9.98. The Morgan fingerprint density at radius 2 is 2.19 bits per heavy atom. The molecule has 3 nitrogen and oxygen atoms in total. The van der Waals surface area contributed by atoms with Gasteiger partial charge in [-0.2, -0.15) is 0 Å². The van der Waals surface area contributed by atoms with Crippen molar-refractivity contribution < 1.29 is 13.9 Å². The topological polar surface area (TPSA) is 39.4 Å². The van der Waals surface area contributed by atoms with E-state index in [1.165, 1.54) is 0 Å². The van der Waals surface area contributed by atoms with Gasteiger partial charge < -0.3 is 9.15 Å². The average Bonchev–Trinajstić information content (AvgIpc) is 2.60. The highest BCUT2D eigenvalue weighted by Gasteiger charge is 2.23. The van der Waals surface area contributed by atoms with E-state index in [1.54, 1.807) is 13.0 Å². The summed E-state index contributed by atoms with van der Waals surface area (Å²) in [6.07, 6.45) is 2.20. The Labute approximate surface area is 99.7 Å². The Morgan fingerprint density at radius 3 is 2.81 bits per heavy atom. The summed E-state index contributed by atoms with van der Waals surface area (Å²) in [5.41, 5.74) is 0. The number of halogens is 1. The summed E-state index contributed by atoms with van der Waals surface area (Å²) < 4.78 is 10.9. The number of furan rings is 1. The number of ether oxygens (including phenoxy) is 1. The monoisotopic (exact) mass is 242 g/mol. The van der Waals surface area contributed by atoms with E-state index in [2.05, 4.69) is 0 Å². The first-order valence-electron chi connectivity index (χ1n) is 5.52. The molecule has 0 unspecified atom stereocenters. The van der Waals surface area contributed by atoms with Gasteiger partial charge in [0.2, 0.25) is 0 Å². The van der Waals surface area contributed by atoms with Gasteiger partial charge in [0, 0.05) is 19.1 Å². The van der Waals surface area contributed by atoms with Crippen molar-refractivity contribution in [1.82, 2.24) is 0 Å². The molecule has 4 heteroatoms. The van der Waals surface area contributed by atoms with Gasteiger partial charge in [-0.1, -0.05) is 11.6 Å². The summed E-state index contributed by atoms with van der Waals surface area (Å²) in [6, 6.07) is 1.76. The summed E-state index contributed by atoms with van der Waals surface area (Å²) in [5.74, 6) is 1.91. The molecule has 0 saturated carbocycles. The first-order valence-corrected chi connectivity index (χ1v) is 5.90. The molecule has 0 spiro atoms. The van der Waals surface area contributed by atoms with Crippen LogP contribution in [0.3, 0.4) is 0 Å². The fourth-order valence-electron chi connectivity index (χ4n) is 2.00. The standard InChI is InChI=1S/C12H15ClO3/c1-8(14)6-10-7-11(13)12(16-10)9-2-4-15-5-3-9/h7,9H,2-6H2,1H3. The van der Waals surface area contributed by atoms with Crippen LogP contribution >= 0.6 is 11.6 Å². The number of Topliss-reactive ketones (excluding diaryl/α,β-unsaturated/α-hetero) is 1. The molecule has 0 radical (unpaired) electrons. The fraction of sp³-hybridized carbons (Fsp3) is 0.583. The van der Waals surface area contributed by atoms with Gasteiger partial charge in [0.15, 0.2) is 0 Å². The molecule has 0 bridgehead atoms. The van der Waals surface area contributed by atoms with Crippen molar-refractivity contribution in [3.05, 3.63) is 22.6 Å². The maximum atomic E-state index is 11.0. The van der Waals surface area contributed by atoms with Gasteiger partial charge in [0.05, 0.1) is 11.4 Å². The number of carbonyl (C=O) groups is 1. The quantitative estimate of drug-likeness (QED) is 0.818. The molecule has 0 atom stereocenters. The van der Waals surface area contributed by atoms with Crippen LogP contribution in [0.4, 0.5) is 0 Å². The summed E-state index contributed by atoms with van der Waals surface area (Å²) in [4.78, 5) is 11.0. The van der Waals surface area contributed by atoms with Crippen molar-refractivity contribution in [3.8, 4) is 0 Å². The van der Waals surface area contributed by atoms with Crippen LogP contribution in [0.25, 0.3) is 0 Å². The molecule has 1 aliphatic heterocycles. The third-order valence-electron chi connectivity index (χ3n) is 2.78. The highest BCUT2D eigenvalue weighted by atomic mass is 35.5. The number of carbonyl (C=O) groups excluding carboxylic acids is 1. The maximum Gasteiger partial charge on any atom is 0.137 e. The molecule has 1 aliphatic rings. The zero-order chi connectivity index (χ0) is 11.5. The van der Waals surface area contributed by atoms with Gasteiger partial charge in [-0.15, -0.1) is 0 Å². The average molecular weight is 243 g/mol. The number of hydrogen-bond acceptors (Lipinski definition) is 3. The first-order chi connectivity index (χ1) is 7.66. The van der Waals surface area contributed by atoms with Crippen molar-refractivity contribution in [1.29, 1.82) is 0 Å². The fourth-order valence-corrected chi connectivity index (χ4v) is 2.32. The Bertz CT molecular complexity index is 378. The lowest BCUT2D eigenvalue weighted by Crippen LogP contribution is -2.13. The molecule has 0 aliphatic carbocycles. The second kappa shape index (κ2) is 5.02. The van der Waals surface area contributed by atoms with Crippen molar-refractivity contribution in [2.75, 3.05) is 13.2 Å². The van der Waals surface area contributed by atoms with Crippen molar-refractivity contribution >= 4 is 17.4 Å². The summed E-state index contributed by atoms with van der Waals surface area (Å²) in [5, 5.41) is 0.642. The minimum Gasteiger partial charge on any atom is -0.464 e. The van der Waals surface area contributed by atoms with Crippen LogP contribution in [0.5, 0.6) is 0 Å². The van der Waals surface area contributed by atoms with E-state index < -0.39 is 0 Å². The lowest BCUT2D eigenvalue weighted by Gasteiger charge is -2.20. The van der Waals surface area contributed by atoms with Crippen LogP contribution in [-0.4, -0.2) is 19.0 Å². The highest BCUT2D eigenvalue weighted by molar-refractivity contribution is 6.31. The minimum atomic E-state index is 0.0870. The van der Waals surface area contributed by atoms with Gasteiger partial charge in [0.1, 0.15) is 17.3 Å². The molecule has 1 aromatic heterocycles. The van der Waals surface area contributed by atoms with E-state index in [1.807, 2.05) is 0 Å². The Kier molecular flexibility index (Phi) is 3.66. The predicted molar refractivity (Wildman–Crippen MR) is 60.9 cm³/mol. The Balaban J connectivity index is 2.13. The van der Waals surface area contributed by atoms with Crippen molar-refractivity contribution in [3.63, 3.8) is 0 Å². The third kappa shape index (κ3) is 2.66. The smallest absolute Gasteiger partial charge is 0.137 e. The summed E-state index contributed by atoms with van der Waals surface area (Å²) in [6.45, 7) is 3.05. The van der Waals surface area contributed by atoms with E-state index in [9.17, 15) is 4.79 Å². The van der Waals surface area contributed by atoms with E-state index in [4.69, 9.17) is 20.8 Å². The van der Waals surface area contributed by atoms with Crippen LogP contribution in [0, 0.1) is 0 Å². The van der Waals surface area contributed by atoms with Gasteiger partial charge in [-0.3, -0.25) is 4.79 Å². The molecule has 0 N–H and O–H groups in total. The molecule has 0 amide bonds. The normalized spacial score (nSPS) is 17.6. The van der Waals surface area contributed by atoms with Crippen LogP contribution in [0.15, 0.2) is 10.5 Å². The second-order valence-electron chi connectivity index (χ2n) is 4.19. The van der Waals surface area contributed by atoms with E-state index in [0.717, 1.165) is 31.8 Å². The van der Waals surface area contributed by atoms with Gasteiger partial charge in [0.25, 0.3) is 0 Å². The van der Waals surface area contributed by atoms with Crippen LogP contribution in [-0.2, 0) is 16.0 Å². The maximum absolute atomic E-state index is 11.0. The molecule has 1 saturated heterocycles. The van der Waals surface area contributed by atoms with E-state index in [-0.39, 0.29) is 5.78 Å². The molecule has 88 valence electrons. The van der Waals surface area contributed by atoms with Crippen LogP contribution in [0.1, 0.15) is 37.2 Å². The molecule has 1 aromatic rings. The molecule has 1 fully saturated rings. The second-order valence-corrected chi connectivity index (χ2v) is 4.60. The number of ketones is 1. The number of hydrogen-bond donors (Lipinski definition) is 0. The summed E-state index contributed by atoms with van der Waals surface area (Å²) >= 11 is 6.12. The minimum absolute atomic E-state index is 0.0870. The van der Waals surface area contributed by atoms with Crippen molar-refractivity contribution in [2.24, 2.45) is 0 Å². The third-order valence-corrected chi connectivity index (χ3v) is 3.07. The Hall–Kier alpha value is -0.800. The first kappa shape index (κ1) is 11.7. The zero-order valence-corrected chi connectivity index (χ0v) is 10.0. The molecule has 2 rings (SSSR count). The lowest BCUT2D eigenvalue weighted by molar-refractivity contribution is -0.116. The molecular formula is C12H15ClO3. The van der Waals surface area contributed by atoms with E-state index >= 15 is 0 Å². The van der Waals surface area contributed by atoms with Gasteiger partial charge >= 0.3 is 0 Å². The largest absolute Gasteiger partial charge is 0.464 e.